The number of anilines is 1. The van der Waals surface area contributed by atoms with Crippen LogP contribution in [0.1, 0.15) is 11.1 Å². The second kappa shape index (κ2) is 7.13. The molecule has 3 rings (SSSR count). The van der Waals surface area contributed by atoms with Crippen LogP contribution in [0.2, 0.25) is 0 Å². The predicted octanol–water partition coefficient (Wildman–Crippen LogP) is 1.45. The zero-order valence-electron chi connectivity index (χ0n) is 15.5. The molecule has 0 atom stereocenters. The Hall–Kier alpha value is -1.71. The lowest BCUT2D eigenvalue weighted by molar-refractivity contribution is -0.130. The Kier molecular flexibility index (Phi) is 5.23. The third kappa shape index (κ3) is 3.84. The fraction of sp³-hybridized carbons (Fsp3) is 0.529. The van der Waals surface area contributed by atoms with E-state index in [9.17, 15) is 13.2 Å². The largest absolute Gasteiger partial charge is 0.342 e. The summed E-state index contributed by atoms with van der Waals surface area (Å²) in [5.41, 5.74) is 3.31. The number of sulfonamides is 1. The van der Waals surface area contributed by atoms with Crippen molar-refractivity contribution in [3.8, 4) is 0 Å². The van der Waals surface area contributed by atoms with Gasteiger partial charge >= 0.3 is 0 Å². The first-order chi connectivity index (χ1) is 12.2. The molecule has 0 aliphatic carbocycles. The number of amides is 1. The zero-order chi connectivity index (χ0) is 19.1. The number of piperazine rings is 1. The van der Waals surface area contributed by atoms with Gasteiger partial charge in [-0.25, -0.2) is 13.4 Å². The van der Waals surface area contributed by atoms with Crippen molar-refractivity contribution in [1.82, 2.24) is 14.2 Å². The van der Waals surface area contributed by atoms with Gasteiger partial charge < -0.3 is 9.80 Å². The summed E-state index contributed by atoms with van der Waals surface area (Å²) in [4.78, 5) is 20.9. The summed E-state index contributed by atoms with van der Waals surface area (Å²) in [6.45, 7) is 5.90. The smallest absolute Gasteiger partial charge is 0.242 e. The van der Waals surface area contributed by atoms with E-state index in [0.29, 0.717) is 26.2 Å². The Labute approximate surface area is 158 Å². The highest BCUT2D eigenvalue weighted by atomic mass is 32.2. The molecule has 1 aliphatic rings. The maximum absolute atomic E-state index is 12.6. The number of aromatic nitrogens is 1. The molecular weight excluding hydrogens is 372 g/mol. The number of hydrogen-bond acceptors (Lipinski definition) is 6. The van der Waals surface area contributed by atoms with Gasteiger partial charge in [0.2, 0.25) is 15.9 Å². The molecule has 2 heterocycles. The Morgan fingerprint density at radius 3 is 2.38 bits per heavy atom. The molecule has 9 heteroatoms. The average molecular weight is 397 g/mol. The first kappa shape index (κ1) is 19.1. The van der Waals surface area contributed by atoms with Gasteiger partial charge in [0.25, 0.3) is 0 Å². The molecule has 0 unspecified atom stereocenters. The number of thiazole rings is 1. The van der Waals surface area contributed by atoms with Crippen molar-refractivity contribution in [2.24, 2.45) is 0 Å². The van der Waals surface area contributed by atoms with E-state index in [4.69, 9.17) is 4.98 Å². The molecule has 142 valence electrons. The van der Waals surface area contributed by atoms with Crippen LogP contribution in [-0.2, 0) is 14.8 Å². The number of rotatable bonds is 4. The molecule has 26 heavy (non-hydrogen) atoms. The number of benzene rings is 1. The lowest BCUT2D eigenvalue weighted by atomic mass is 10.1. The molecule has 1 aromatic carbocycles. The predicted molar refractivity (Wildman–Crippen MR) is 105 cm³/mol. The third-order valence-corrected chi connectivity index (χ3v) is 7.30. The van der Waals surface area contributed by atoms with Crippen LogP contribution < -0.4 is 4.90 Å². The molecule has 0 bridgehead atoms. The summed E-state index contributed by atoms with van der Waals surface area (Å²) >= 11 is 1.60. The fourth-order valence-corrected chi connectivity index (χ4v) is 4.95. The normalized spacial score (nSPS) is 16.2. The number of hydrogen-bond donors (Lipinski definition) is 0. The van der Waals surface area contributed by atoms with Gasteiger partial charge in [0, 0.05) is 33.2 Å². The zero-order valence-corrected chi connectivity index (χ0v) is 17.2. The quantitative estimate of drug-likeness (QED) is 0.782. The number of aryl methyl sites for hydroxylation is 2. The van der Waals surface area contributed by atoms with Crippen LogP contribution in [0.25, 0.3) is 10.2 Å². The van der Waals surface area contributed by atoms with Crippen LogP contribution in [0.15, 0.2) is 12.1 Å². The minimum Gasteiger partial charge on any atom is -0.342 e. The Morgan fingerprint density at radius 2 is 1.81 bits per heavy atom. The van der Waals surface area contributed by atoms with E-state index in [2.05, 4.69) is 19.1 Å². The number of likely N-dealkylation sites (N-methyl/N-ethyl adjacent to an activating group) is 1. The molecule has 1 aromatic heterocycles. The first-order valence-electron chi connectivity index (χ1n) is 8.47. The molecule has 1 fully saturated rings. The molecule has 0 saturated carbocycles. The highest BCUT2D eigenvalue weighted by Crippen LogP contribution is 2.32. The minimum absolute atomic E-state index is 0.00616. The van der Waals surface area contributed by atoms with Crippen molar-refractivity contribution in [3.05, 3.63) is 23.3 Å². The van der Waals surface area contributed by atoms with Crippen LogP contribution >= 0.6 is 11.3 Å². The summed E-state index contributed by atoms with van der Waals surface area (Å²) in [6.07, 6.45) is 1.20. The Balaban J connectivity index is 1.67. The topological polar surface area (TPSA) is 73.8 Å². The van der Waals surface area contributed by atoms with Crippen molar-refractivity contribution in [2.45, 2.75) is 13.8 Å². The standard InChI is InChI=1S/C17H24N4O3S2/c1-12-5-6-13(2)16-15(12)18-17(25-16)19(3)11-14(22)20-7-9-21(10-8-20)26(4,23)24/h5-6H,7-11H2,1-4H3. The van der Waals surface area contributed by atoms with Crippen LogP contribution in [-0.4, -0.2) is 74.5 Å². The number of fused-ring (bicyclic) bond motifs is 1. The number of carbonyl (C=O) groups is 1. The lowest BCUT2D eigenvalue weighted by Gasteiger charge is -2.34. The van der Waals surface area contributed by atoms with Gasteiger partial charge in [0.15, 0.2) is 5.13 Å². The first-order valence-corrected chi connectivity index (χ1v) is 11.1. The minimum atomic E-state index is -3.19. The van der Waals surface area contributed by atoms with Gasteiger partial charge in [-0.1, -0.05) is 23.5 Å². The van der Waals surface area contributed by atoms with E-state index < -0.39 is 10.0 Å². The summed E-state index contributed by atoms with van der Waals surface area (Å²) in [5.74, 6) is -0.00616. The molecule has 0 N–H and O–H groups in total. The van der Waals surface area contributed by atoms with E-state index in [1.807, 2.05) is 18.9 Å². The molecule has 1 aliphatic heterocycles. The molecular formula is C17H24N4O3S2. The van der Waals surface area contributed by atoms with Gasteiger partial charge in [-0.2, -0.15) is 4.31 Å². The van der Waals surface area contributed by atoms with Crippen molar-refractivity contribution < 1.29 is 13.2 Å². The van der Waals surface area contributed by atoms with Gasteiger partial charge in [0.05, 0.1) is 23.0 Å². The van der Waals surface area contributed by atoms with Crippen LogP contribution in [0, 0.1) is 13.8 Å². The highest BCUT2D eigenvalue weighted by Gasteiger charge is 2.26. The summed E-state index contributed by atoms with van der Waals surface area (Å²) < 4.78 is 25.7. The molecule has 0 spiro atoms. The second-order valence-electron chi connectivity index (χ2n) is 6.77. The molecule has 0 radical (unpaired) electrons. The molecule has 1 saturated heterocycles. The summed E-state index contributed by atoms with van der Waals surface area (Å²) in [7, 11) is -1.32. The average Bonchev–Trinajstić information content (AvgIpc) is 3.04. The van der Waals surface area contributed by atoms with Crippen LogP contribution in [0.5, 0.6) is 0 Å². The van der Waals surface area contributed by atoms with E-state index in [1.165, 1.54) is 16.1 Å². The van der Waals surface area contributed by atoms with Gasteiger partial charge in [-0.3, -0.25) is 4.79 Å². The highest BCUT2D eigenvalue weighted by molar-refractivity contribution is 7.88. The van der Waals surface area contributed by atoms with Crippen molar-refractivity contribution >= 4 is 42.6 Å². The monoisotopic (exact) mass is 396 g/mol. The lowest BCUT2D eigenvalue weighted by Crippen LogP contribution is -2.52. The maximum atomic E-state index is 12.6. The molecule has 7 nitrogen and oxygen atoms in total. The Bertz CT molecular complexity index is 892. The fourth-order valence-electron chi connectivity index (χ4n) is 3.05. The van der Waals surface area contributed by atoms with Gasteiger partial charge in [-0.05, 0) is 25.0 Å². The van der Waals surface area contributed by atoms with Gasteiger partial charge in [-0.15, -0.1) is 0 Å². The molecule has 1 amide bonds. The van der Waals surface area contributed by atoms with E-state index in [0.717, 1.165) is 20.9 Å². The summed E-state index contributed by atoms with van der Waals surface area (Å²) in [5, 5.41) is 0.820. The van der Waals surface area contributed by atoms with Crippen molar-refractivity contribution in [2.75, 3.05) is 50.9 Å². The third-order valence-electron chi connectivity index (χ3n) is 4.69. The van der Waals surface area contributed by atoms with Gasteiger partial charge in [0.1, 0.15) is 0 Å². The van der Waals surface area contributed by atoms with Crippen molar-refractivity contribution in [3.63, 3.8) is 0 Å². The summed E-state index contributed by atoms with van der Waals surface area (Å²) in [6, 6.07) is 4.15. The van der Waals surface area contributed by atoms with E-state index in [-0.39, 0.29) is 12.5 Å². The number of nitrogens with zero attached hydrogens (tertiary/aromatic N) is 4. The number of carbonyl (C=O) groups excluding carboxylic acids is 1. The van der Waals surface area contributed by atoms with E-state index >= 15 is 0 Å². The SMILES string of the molecule is Cc1ccc(C)c2sc(N(C)CC(=O)N3CCN(S(C)(=O)=O)CC3)nc12. The molecule has 2 aromatic rings. The van der Waals surface area contributed by atoms with Crippen LogP contribution in [0.4, 0.5) is 5.13 Å². The van der Waals surface area contributed by atoms with E-state index in [1.54, 1.807) is 16.2 Å². The van der Waals surface area contributed by atoms with Crippen molar-refractivity contribution in [1.29, 1.82) is 0 Å². The second-order valence-corrected chi connectivity index (χ2v) is 9.73. The maximum Gasteiger partial charge on any atom is 0.242 e. The van der Waals surface area contributed by atoms with Crippen LogP contribution in [0.3, 0.4) is 0 Å². The Morgan fingerprint density at radius 1 is 1.19 bits per heavy atom.